The van der Waals surface area contributed by atoms with Crippen molar-refractivity contribution in [3.63, 3.8) is 0 Å². The summed E-state index contributed by atoms with van der Waals surface area (Å²) in [5, 5.41) is 0. The van der Waals surface area contributed by atoms with Gasteiger partial charge in [0.15, 0.2) is 0 Å². The Morgan fingerprint density at radius 3 is 2.09 bits per heavy atom. The molecule has 0 aliphatic carbocycles. The molecular formula is C19H30O4. The number of ether oxygens (including phenoxy) is 4. The molecule has 0 aromatic heterocycles. The van der Waals surface area contributed by atoms with Gasteiger partial charge in [-0.2, -0.15) is 0 Å². The van der Waals surface area contributed by atoms with Crippen LogP contribution in [0.4, 0.5) is 0 Å². The lowest BCUT2D eigenvalue weighted by Crippen LogP contribution is -2.26. The smallest absolute Gasteiger partial charge is 0.118 e. The highest BCUT2D eigenvalue weighted by Gasteiger charge is 2.09. The minimum Gasteiger partial charge on any atom is -0.496 e. The highest BCUT2D eigenvalue weighted by molar-refractivity contribution is 5.62. The van der Waals surface area contributed by atoms with E-state index in [0.717, 1.165) is 11.1 Å². The molecule has 4 nitrogen and oxygen atoms in total. The second kappa shape index (κ2) is 11.2. The maximum atomic E-state index is 5.75. The quantitative estimate of drug-likeness (QED) is 0.579. The fourth-order valence-electron chi connectivity index (χ4n) is 1.96. The zero-order valence-electron chi connectivity index (χ0n) is 15.0. The summed E-state index contributed by atoms with van der Waals surface area (Å²) < 4.78 is 22.1. The molecule has 3 atom stereocenters. The molecule has 0 saturated heterocycles. The van der Waals surface area contributed by atoms with E-state index in [0.29, 0.717) is 19.8 Å². The van der Waals surface area contributed by atoms with E-state index in [2.05, 4.69) is 12.1 Å². The molecule has 0 heterocycles. The lowest BCUT2D eigenvalue weighted by Gasteiger charge is -2.19. The number of allylic oxidation sites excluding steroid dienone is 1. The van der Waals surface area contributed by atoms with Gasteiger partial charge in [-0.25, -0.2) is 0 Å². The minimum absolute atomic E-state index is 0.00693. The number of hydrogen-bond donors (Lipinski definition) is 0. The molecule has 130 valence electrons. The van der Waals surface area contributed by atoms with E-state index in [1.165, 1.54) is 0 Å². The van der Waals surface area contributed by atoms with Gasteiger partial charge < -0.3 is 18.9 Å². The number of benzene rings is 1. The van der Waals surface area contributed by atoms with Crippen LogP contribution in [0.3, 0.4) is 0 Å². The summed E-state index contributed by atoms with van der Waals surface area (Å²) in [7, 11) is 1.67. The lowest BCUT2D eigenvalue weighted by atomic mass is 10.1. The van der Waals surface area contributed by atoms with Crippen molar-refractivity contribution in [1.82, 2.24) is 0 Å². The van der Waals surface area contributed by atoms with E-state index in [1.807, 2.05) is 45.9 Å². The molecule has 23 heavy (non-hydrogen) atoms. The van der Waals surface area contributed by atoms with Gasteiger partial charge in [0.2, 0.25) is 0 Å². The van der Waals surface area contributed by atoms with Crippen LogP contribution in [-0.2, 0) is 18.9 Å². The predicted octanol–water partition coefficient (Wildman–Crippen LogP) is 3.91. The van der Waals surface area contributed by atoms with Crippen LogP contribution < -0.4 is 0 Å². The molecule has 0 aliphatic heterocycles. The van der Waals surface area contributed by atoms with Crippen LogP contribution in [0, 0.1) is 0 Å². The Hall–Kier alpha value is -1.36. The third-order valence-electron chi connectivity index (χ3n) is 3.34. The van der Waals surface area contributed by atoms with Crippen LogP contribution >= 0.6 is 0 Å². The highest BCUT2D eigenvalue weighted by atomic mass is 16.6. The monoisotopic (exact) mass is 322 g/mol. The summed E-state index contributed by atoms with van der Waals surface area (Å²) >= 11 is 0. The Morgan fingerprint density at radius 1 is 0.913 bits per heavy atom. The molecule has 0 radical (unpaired) electrons. The number of hydrogen-bond acceptors (Lipinski definition) is 4. The Bertz CT molecular complexity index is 444. The van der Waals surface area contributed by atoms with E-state index < -0.39 is 0 Å². The lowest BCUT2D eigenvalue weighted by molar-refractivity contribution is -0.0671. The van der Waals surface area contributed by atoms with E-state index in [9.17, 15) is 0 Å². The van der Waals surface area contributed by atoms with E-state index in [1.54, 1.807) is 13.4 Å². The first-order chi connectivity index (χ1) is 11.0. The molecule has 4 heteroatoms. The molecule has 0 aliphatic rings. The fourth-order valence-corrected chi connectivity index (χ4v) is 1.96. The van der Waals surface area contributed by atoms with Crippen molar-refractivity contribution in [3.8, 4) is 0 Å². The van der Waals surface area contributed by atoms with Crippen molar-refractivity contribution in [2.24, 2.45) is 0 Å². The molecule has 0 fully saturated rings. The van der Waals surface area contributed by atoms with Crippen molar-refractivity contribution >= 4 is 5.57 Å². The zero-order valence-corrected chi connectivity index (χ0v) is 15.0. The Labute approximate surface area is 140 Å². The van der Waals surface area contributed by atoms with Gasteiger partial charge in [-0.1, -0.05) is 30.3 Å². The third-order valence-corrected chi connectivity index (χ3v) is 3.34. The van der Waals surface area contributed by atoms with Crippen LogP contribution in [-0.4, -0.2) is 45.2 Å². The van der Waals surface area contributed by atoms with Crippen molar-refractivity contribution in [3.05, 3.63) is 42.2 Å². The summed E-state index contributed by atoms with van der Waals surface area (Å²) in [6, 6.07) is 10.2. The van der Waals surface area contributed by atoms with Crippen molar-refractivity contribution in [1.29, 1.82) is 0 Å². The van der Waals surface area contributed by atoms with Gasteiger partial charge in [0.1, 0.15) is 6.10 Å². The van der Waals surface area contributed by atoms with E-state index in [4.69, 9.17) is 18.9 Å². The van der Waals surface area contributed by atoms with Gasteiger partial charge in [0.05, 0.1) is 38.3 Å². The maximum Gasteiger partial charge on any atom is 0.118 e. The number of methoxy groups -OCH3 is 1. The van der Waals surface area contributed by atoms with E-state index in [-0.39, 0.29) is 18.3 Å². The van der Waals surface area contributed by atoms with Crippen LogP contribution in [0.5, 0.6) is 0 Å². The van der Waals surface area contributed by atoms with Crippen LogP contribution in [0.25, 0.3) is 5.57 Å². The van der Waals surface area contributed by atoms with Gasteiger partial charge in [0, 0.05) is 7.11 Å². The Morgan fingerprint density at radius 2 is 1.48 bits per heavy atom. The molecule has 0 spiro atoms. The van der Waals surface area contributed by atoms with Crippen molar-refractivity contribution in [2.45, 2.75) is 46.0 Å². The SMILES string of the molecule is COCC(C)OCC(C)OCC(C)OC=C(C)c1ccccc1. The van der Waals surface area contributed by atoms with Gasteiger partial charge in [-0.15, -0.1) is 0 Å². The fraction of sp³-hybridized carbons (Fsp3) is 0.579. The summed E-state index contributed by atoms with van der Waals surface area (Å²) in [5.41, 5.74) is 2.26. The van der Waals surface area contributed by atoms with Gasteiger partial charge >= 0.3 is 0 Å². The summed E-state index contributed by atoms with van der Waals surface area (Å²) in [6.07, 6.45) is 1.90. The summed E-state index contributed by atoms with van der Waals surface area (Å²) in [4.78, 5) is 0. The number of rotatable bonds is 11. The van der Waals surface area contributed by atoms with Gasteiger partial charge in [-0.3, -0.25) is 0 Å². The molecule has 0 amide bonds. The largest absolute Gasteiger partial charge is 0.496 e. The second-order valence-electron chi connectivity index (χ2n) is 5.86. The van der Waals surface area contributed by atoms with E-state index >= 15 is 0 Å². The molecule has 3 unspecified atom stereocenters. The molecule has 0 bridgehead atoms. The normalized spacial score (nSPS) is 16.0. The third kappa shape index (κ3) is 8.74. The average Bonchev–Trinajstić information content (AvgIpc) is 2.57. The van der Waals surface area contributed by atoms with Crippen LogP contribution in [0.2, 0.25) is 0 Å². The highest BCUT2D eigenvalue weighted by Crippen LogP contribution is 2.13. The average molecular weight is 322 g/mol. The van der Waals surface area contributed by atoms with Crippen LogP contribution in [0.15, 0.2) is 36.6 Å². The van der Waals surface area contributed by atoms with Crippen molar-refractivity contribution < 1.29 is 18.9 Å². The topological polar surface area (TPSA) is 36.9 Å². The molecule has 1 aromatic rings. The molecule has 0 saturated carbocycles. The predicted molar refractivity (Wildman–Crippen MR) is 93.3 cm³/mol. The second-order valence-corrected chi connectivity index (χ2v) is 5.86. The molecular weight excluding hydrogens is 292 g/mol. The van der Waals surface area contributed by atoms with Crippen molar-refractivity contribution in [2.75, 3.05) is 26.9 Å². The Balaban J connectivity index is 2.24. The van der Waals surface area contributed by atoms with Gasteiger partial charge in [0.25, 0.3) is 0 Å². The zero-order chi connectivity index (χ0) is 17.1. The molecule has 1 aromatic carbocycles. The van der Waals surface area contributed by atoms with Gasteiger partial charge in [-0.05, 0) is 38.8 Å². The maximum absolute atomic E-state index is 5.75. The summed E-state index contributed by atoms with van der Waals surface area (Å²) in [6.45, 7) is 9.69. The minimum atomic E-state index is -0.00693. The first-order valence-corrected chi connectivity index (χ1v) is 8.12. The summed E-state index contributed by atoms with van der Waals surface area (Å²) in [5.74, 6) is 0. The molecule has 0 N–H and O–H groups in total. The standard InChI is InChI=1S/C19H30O4/c1-15(19-9-7-6-8-10-19)11-21-17(3)13-23-18(4)14-22-16(2)12-20-5/h6-11,16-18H,12-14H2,1-5H3. The first kappa shape index (κ1) is 19.7. The van der Waals surface area contributed by atoms with Crippen LogP contribution in [0.1, 0.15) is 33.3 Å². The Kier molecular flexibility index (Phi) is 9.60. The first-order valence-electron chi connectivity index (χ1n) is 8.12. The molecule has 1 rings (SSSR count).